The molecule has 0 unspecified atom stereocenters. The van der Waals surface area contributed by atoms with E-state index in [0.29, 0.717) is 5.13 Å². The molecule has 1 heterocycles. The average Bonchev–Trinajstić information content (AvgIpc) is 2.98. The van der Waals surface area contributed by atoms with Gasteiger partial charge in [0.15, 0.2) is 5.13 Å². The van der Waals surface area contributed by atoms with Crippen molar-refractivity contribution < 1.29 is 14.6 Å². The summed E-state index contributed by atoms with van der Waals surface area (Å²) >= 11 is 1.24. The fraction of sp³-hybridized carbons (Fsp3) is 0.0667. The van der Waals surface area contributed by atoms with E-state index in [4.69, 9.17) is 0 Å². The number of carbonyl (C=O) groups excluding carboxylic acids is 1. The van der Waals surface area contributed by atoms with Gasteiger partial charge in [-0.05, 0) is 18.6 Å². The van der Waals surface area contributed by atoms with Gasteiger partial charge in [0.2, 0.25) is 0 Å². The van der Waals surface area contributed by atoms with Gasteiger partial charge in [0.05, 0.1) is 31.7 Å². The highest BCUT2D eigenvalue weighted by Gasteiger charge is 2.20. The summed E-state index contributed by atoms with van der Waals surface area (Å²) in [5, 5.41) is 24.6. The van der Waals surface area contributed by atoms with Crippen molar-refractivity contribution in [1.29, 1.82) is 0 Å². The monoisotopic (exact) mass is 358 g/mol. The molecule has 10 heteroatoms. The third-order valence-corrected chi connectivity index (χ3v) is 4.36. The van der Waals surface area contributed by atoms with E-state index in [9.17, 15) is 25.0 Å². The van der Waals surface area contributed by atoms with Crippen LogP contribution in [0.1, 0.15) is 15.9 Å². The SMILES string of the molecule is Cc1cccc2sc(NC(=O)c3cc([N+](=O)[O-])cc([N+](=O)[O-])c3)nc12. The molecule has 0 aliphatic carbocycles. The van der Waals surface area contributed by atoms with Gasteiger partial charge in [0.1, 0.15) is 0 Å². The molecule has 1 N–H and O–H groups in total. The first kappa shape index (κ1) is 16.5. The number of nitrogens with zero attached hydrogens (tertiary/aromatic N) is 3. The standard InChI is InChI=1S/C15H10N4O5S/c1-8-3-2-4-12-13(8)16-15(25-12)17-14(20)9-5-10(18(21)22)7-11(6-9)19(23)24/h2-7H,1H3,(H,16,17,20). The number of para-hydroxylation sites is 1. The Morgan fingerprint density at radius 2 is 1.76 bits per heavy atom. The molecular formula is C15H10N4O5S. The number of fused-ring (bicyclic) bond motifs is 1. The van der Waals surface area contributed by atoms with Gasteiger partial charge in [0.25, 0.3) is 17.3 Å². The number of rotatable bonds is 4. The highest BCUT2D eigenvalue weighted by atomic mass is 32.1. The Labute approximate surface area is 144 Å². The number of hydrogen-bond acceptors (Lipinski definition) is 7. The van der Waals surface area contributed by atoms with Crippen LogP contribution >= 0.6 is 11.3 Å². The van der Waals surface area contributed by atoms with Gasteiger partial charge in [-0.2, -0.15) is 0 Å². The molecule has 0 bridgehead atoms. The molecule has 3 aromatic rings. The van der Waals surface area contributed by atoms with Crippen molar-refractivity contribution in [2.45, 2.75) is 6.92 Å². The number of aryl methyl sites for hydroxylation is 1. The Hall–Kier alpha value is -3.40. The molecule has 3 rings (SSSR count). The smallest absolute Gasteiger partial charge is 0.277 e. The lowest BCUT2D eigenvalue weighted by Gasteiger charge is -2.02. The number of nitrogens with one attached hydrogen (secondary N) is 1. The Balaban J connectivity index is 1.95. The van der Waals surface area contributed by atoms with Crippen LogP contribution in [0.15, 0.2) is 36.4 Å². The number of carbonyl (C=O) groups is 1. The van der Waals surface area contributed by atoms with Crippen molar-refractivity contribution in [1.82, 2.24) is 4.98 Å². The van der Waals surface area contributed by atoms with E-state index >= 15 is 0 Å². The third-order valence-electron chi connectivity index (χ3n) is 3.43. The predicted molar refractivity (Wildman–Crippen MR) is 92.1 cm³/mol. The quantitative estimate of drug-likeness (QED) is 0.559. The molecule has 0 atom stereocenters. The second kappa shape index (κ2) is 6.24. The lowest BCUT2D eigenvalue weighted by molar-refractivity contribution is -0.394. The molecule has 9 nitrogen and oxygen atoms in total. The van der Waals surface area contributed by atoms with Crippen LogP contribution in [0, 0.1) is 27.2 Å². The first-order valence-corrected chi connectivity index (χ1v) is 7.78. The molecule has 1 amide bonds. The normalized spacial score (nSPS) is 10.6. The van der Waals surface area contributed by atoms with E-state index in [1.54, 1.807) is 0 Å². The van der Waals surface area contributed by atoms with Gasteiger partial charge in [0, 0.05) is 12.1 Å². The van der Waals surface area contributed by atoms with Gasteiger partial charge >= 0.3 is 0 Å². The van der Waals surface area contributed by atoms with Gasteiger partial charge < -0.3 is 0 Å². The number of aromatic nitrogens is 1. The van der Waals surface area contributed by atoms with Crippen LogP contribution in [0.2, 0.25) is 0 Å². The number of anilines is 1. The molecule has 126 valence electrons. The molecule has 25 heavy (non-hydrogen) atoms. The minimum absolute atomic E-state index is 0.183. The summed E-state index contributed by atoms with van der Waals surface area (Å²) in [5.41, 5.74) is 0.448. The Kier molecular flexibility index (Phi) is 4.11. The van der Waals surface area contributed by atoms with E-state index in [1.165, 1.54) is 11.3 Å². The largest absolute Gasteiger partial charge is 0.298 e. The van der Waals surface area contributed by atoms with E-state index in [0.717, 1.165) is 34.0 Å². The van der Waals surface area contributed by atoms with Gasteiger partial charge in [-0.25, -0.2) is 4.98 Å². The third kappa shape index (κ3) is 3.28. The maximum absolute atomic E-state index is 12.3. The van der Waals surface area contributed by atoms with Crippen LogP contribution in [0.25, 0.3) is 10.2 Å². The van der Waals surface area contributed by atoms with Crippen LogP contribution < -0.4 is 5.32 Å². The molecule has 1 aromatic heterocycles. The Bertz CT molecular complexity index is 998. The van der Waals surface area contributed by atoms with Gasteiger partial charge in [-0.15, -0.1) is 0 Å². The molecule has 0 saturated carbocycles. The number of nitro benzene ring substituents is 2. The summed E-state index contributed by atoms with van der Waals surface area (Å²) in [6, 6.07) is 8.39. The van der Waals surface area contributed by atoms with Crippen molar-refractivity contribution in [2.75, 3.05) is 5.32 Å². The summed E-state index contributed by atoms with van der Waals surface area (Å²) in [5.74, 6) is -0.705. The number of nitro groups is 2. The average molecular weight is 358 g/mol. The molecule has 0 aliphatic rings. The van der Waals surface area contributed by atoms with E-state index in [2.05, 4.69) is 10.3 Å². The van der Waals surface area contributed by atoms with Crippen molar-refractivity contribution in [2.24, 2.45) is 0 Å². The fourth-order valence-corrected chi connectivity index (χ4v) is 3.18. The molecule has 0 aliphatic heterocycles. The second-order valence-corrected chi connectivity index (χ2v) is 6.18. The summed E-state index contributed by atoms with van der Waals surface area (Å²) < 4.78 is 0.875. The summed E-state index contributed by atoms with van der Waals surface area (Å²) in [6.07, 6.45) is 0. The number of amides is 1. The summed E-state index contributed by atoms with van der Waals surface area (Å²) in [6.45, 7) is 1.89. The molecule has 0 fully saturated rings. The second-order valence-electron chi connectivity index (χ2n) is 5.15. The first-order valence-electron chi connectivity index (χ1n) is 6.96. The summed E-state index contributed by atoms with van der Waals surface area (Å²) in [7, 11) is 0. The molecule has 0 radical (unpaired) electrons. The topological polar surface area (TPSA) is 128 Å². The van der Waals surface area contributed by atoms with Crippen LogP contribution in [0.5, 0.6) is 0 Å². The first-order chi connectivity index (χ1) is 11.8. The molecule has 0 spiro atoms. The zero-order valence-electron chi connectivity index (χ0n) is 12.8. The fourth-order valence-electron chi connectivity index (χ4n) is 2.25. The van der Waals surface area contributed by atoms with E-state index in [1.807, 2.05) is 25.1 Å². The molecule has 2 aromatic carbocycles. The number of hydrogen-bond donors (Lipinski definition) is 1. The zero-order chi connectivity index (χ0) is 18.1. The Morgan fingerprint density at radius 3 is 2.32 bits per heavy atom. The minimum atomic E-state index is -0.787. The van der Waals surface area contributed by atoms with Crippen molar-refractivity contribution in [3.63, 3.8) is 0 Å². The van der Waals surface area contributed by atoms with E-state index < -0.39 is 27.1 Å². The molecular weight excluding hydrogens is 348 g/mol. The van der Waals surface area contributed by atoms with Crippen LogP contribution in [0.4, 0.5) is 16.5 Å². The number of thiazole rings is 1. The van der Waals surface area contributed by atoms with Gasteiger partial charge in [-0.1, -0.05) is 23.5 Å². The van der Waals surface area contributed by atoms with Crippen LogP contribution in [0.3, 0.4) is 0 Å². The van der Waals surface area contributed by atoms with Gasteiger partial charge in [-0.3, -0.25) is 30.3 Å². The maximum Gasteiger partial charge on any atom is 0.277 e. The highest BCUT2D eigenvalue weighted by Crippen LogP contribution is 2.29. The maximum atomic E-state index is 12.3. The van der Waals surface area contributed by atoms with Crippen LogP contribution in [-0.4, -0.2) is 20.7 Å². The summed E-state index contributed by atoms with van der Waals surface area (Å²) in [4.78, 5) is 36.9. The number of non-ortho nitro benzene ring substituents is 2. The highest BCUT2D eigenvalue weighted by molar-refractivity contribution is 7.22. The van der Waals surface area contributed by atoms with Crippen LogP contribution in [-0.2, 0) is 0 Å². The van der Waals surface area contributed by atoms with Crippen molar-refractivity contribution >= 4 is 44.0 Å². The Morgan fingerprint density at radius 1 is 1.12 bits per heavy atom. The lowest BCUT2D eigenvalue weighted by atomic mass is 10.1. The zero-order valence-corrected chi connectivity index (χ0v) is 13.6. The minimum Gasteiger partial charge on any atom is -0.298 e. The van der Waals surface area contributed by atoms with Crippen molar-refractivity contribution in [3.8, 4) is 0 Å². The van der Waals surface area contributed by atoms with Crippen molar-refractivity contribution in [3.05, 3.63) is 67.8 Å². The lowest BCUT2D eigenvalue weighted by Crippen LogP contribution is -2.12. The van der Waals surface area contributed by atoms with E-state index in [-0.39, 0.29) is 5.56 Å². The number of benzene rings is 2. The predicted octanol–water partition coefficient (Wildman–Crippen LogP) is 3.67. The molecule has 0 saturated heterocycles.